The van der Waals surface area contributed by atoms with Crippen LogP contribution in [0.2, 0.25) is 0 Å². The first-order chi connectivity index (χ1) is 6.83. The predicted octanol–water partition coefficient (Wildman–Crippen LogP) is 0.0172. The third kappa shape index (κ3) is 5.94. The number of aliphatic hydroxyl groups is 1. The molecule has 1 saturated carbocycles. The molecule has 1 amide bonds. The van der Waals surface area contributed by atoms with E-state index in [0.717, 1.165) is 38.6 Å². The van der Waals surface area contributed by atoms with Crippen LogP contribution in [0, 0.1) is 0 Å². The van der Waals surface area contributed by atoms with Crippen LogP contribution in [0.1, 0.15) is 32.1 Å². The van der Waals surface area contributed by atoms with Crippen molar-refractivity contribution in [2.75, 3.05) is 19.7 Å². The lowest BCUT2D eigenvalue weighted by Crippen LogP contribution is -2.35. The highest BCUT2D eigenvalue weighted by molar-refractivity contribution is 5.78. The predicted molar refractivity (Wildman–Crippen MR) is 55.0 cm³/mol. The van der Waals surface area contributed by atoms with Crippen LogP contribution < -0.4 is 10.6 Å². The smallest absolute Gasteiger partial charge is 0.234 e. The van der Waals surface area contributed by atoms with Crippen molar-refractivity contribution in [3.63, 3.8) is 0 Å². The molecule has 0 aromatic rings. The quantitative estimate of drug-likeness (QED) is 0.484. The Morgan fingerprint density at radius 2 is 2.07 bits per heavy atom. The minimum atomic E-state index is 0.106. The van der Waals surface area contributed by atoms with Gasteiger partial charge in [0.2, 0.25) is 5.91 Å². The van der Waals surface area contributed by atoms with E-state index in [-0.39, 0.29) is 12.5 Å². The molecule has 14 heavy (non-hydrogen) atoms. The number of aliphatic hydroxyl groups excluding tert-OH is 1. The summed E-state index contributed by atoms with van der Waals surface area (Å²) in [6.07, 6.45) is 5.19. The van der Waals surface area contributed by atoms with Gasteiger partial charge in [-0.15, -0.1) is 0 Å². The second-order valence-electron chi connectivity index (χ2n) is 3.80. The summed E-state index contributed by atoms with van der Waals surface area (Å²) in [6.45, 7) is 1.55. The molecule has 3 N–H and O–H groups in total. The molecule has 0 aromatic heterocycles. The molecule has 1 fully saturated rings. The van der Waals surface area contributed by atoms with Crippen LogP contribution in [-0.2, 0) is 4.79 Å². The van der Waals surface area contributed by atoms with Crippen molar-refractivity contribution >= 4 is 5.91 Å². The van der Waals surface area contributed by atoms with Crippen molar-refractivity contribution in [3.05, 3.63) is 0 Å². The van der Waals surface area contributed by atoms with Crippen molar-refractivity contribution in [1.82, 2.24) is 10.6 Å². The van der Waals surface area contributed by atoms with E-state index in [4.69, 9.17) is 5.11 Å². The fraction of sp³-hybridized carbons (Fsp3) is 0.900. The Bertz CT molecular complexity index is 170. The molecule has 0 heterocycles. The lowest BCUT2D eigenvalue weighted by molar-refractivity contribution is -0.120. The van der Waals surface area contributed by atoms with Crippen molar-refractivity contribution in [1.29, 1.82) is 0 Å². The number of unbranched alkanes of at least 4 members (excludes halogenated alkanes) is 2. The normalized spacial score (nSPS) is 15.5. The second kappa shape index (κ2) is 6.79. The Morgan fingerprint density at radius 1 is 1.29 bits per heavy atom. The van der Waals surface area contributed by atoms with E-state index < -0.39 is 0 Å². The van der Waals surface area contributed by atoms with Gasteiger partial charge in [0.05, 0.1) is 6.54 Å². The average Bonchev–Trinajstić information content (AvgIpc) is 2.95. The van der Waals surface area contributed by atoms with Gasteiger partial charge in [-0.05, 0) is 38.6 Å². The van der Waals surface area contributed by atoms with Crippen molar-refractivity contribution < 1.29 is 9.90 Å². The van der Waals surface area contributed by atoms with Crippen LogP contribution in [0.3, 0.4) is 0 Å². The van der Waals surface area contributed by atoms with Crippen LogP contribution in [-0.4, -0.2) is 36.8 Å². The van der Waals surface area contributed by atoms with Gasteiger partial charge in [-0.1, -0.05) is 0 Å². The van der Waals surface area contributed by atoms with E-state index >= 15 is 0 Å². The Labute approximate surface area is 85.1 Å². The molecule has 4 nitrogen and oxygen atoms in total. The Hall–Kier alpha value is -0.610. The molecule has 0 bridgehead atoms. The van der Waals surface area contributed by atoms with Crippen molar-refractivity contribution in [2.45, 2.75) is 38.1 Å². The molecule has 1 aliphatic carbocycles. The second-order valence-corrected chi connectivity index (χ2v) is 3.80. The zero-order valence-electron chi connectivity index (χ0n) is 8.59. The van der Waals surface area contributed by atoms with Crippen LogP contribution >= 0.6 is 0 Å². The first kappa shape index (κ1) is 11.5. The van der Waals surface area contributed by atoms with Gasteiger partial charge in [0.1, 0.15) is 0 Å². The molecular weight excluding hydrogens is 180 g/mol. The van der Waals surface area contributed by atoms with Gasteiger partial charge in [-0.3, -0.25) is 4.79 Å². The molecule has 0 atom stereocenters. The maximum absolute atomic E-state index is 11.2. The number of amides is 1. The fourth-order valence-corrected chi connectivity index (χ4v) is 1.25. The first-order valence-corrected chi connectivity index (χ1v) is 5.44. The summed E-state index contributed by atoms with van der Waals surface area (Å²) in [5.41, 5.74) is 0. The standard InChI is InChI=1S/C10H20N2O2/c13-7-3-1-2-6-11-8-10(14)12-9-4-5-9/h9,11,13H,1-8H2,(H,12,14). The van der Waals surface area contributed by atoms with Crippen molar-refractivity contribution in [2.24, 2.45) is 0 Å². The van der Waals surface area contributed by atoms with E-state index in [9.17, 15) is 4.79 Å². The zero-order chi connectivity index (χ0) is 10.2. The van der Waals surface area contributed by atoms with Gasteiger partial charge in [-0.25, -0.2) is 0 Å². The van der Waals surface area contributed by atoms with Crippen LogP contribution in [0.4, 0.5) is 0 Å². The highest BCUT2D eigenvalue weighted by Crippen LogP contribution is 2.18. The largest absolute Gasteiger partial charge is 0.396 e. The number of hydrogen-bond donors (Lipinski definition) is 3. The molecule has 0 aliphatic heterocycles. The lowest BCUT2D eigenvalue weighted by atomic mass is 10.2. The highest BCUT2D eigenvalue weighted by atomic mass is 16.2. The number of carbonyl (C=O) groups is 1. The Balaban J connectivity index is 1.80. The van der Waals surface area contributed by atoms with Crippen LogP contribution in [0.25, 0.3) is 0 Å². The van der Waals surface area contributed by atoms with Crippen LogP contribution in [0.5, 0.6) is 0 Å². The molecule has 82 valence electrons. The summed E-state index contributed by atoms with van der Waals surface area (Å²) in [4.78, 5) is 11.2. The third-order valence-corrected chi connectivity index (χ3v) is 2.24. The monoisotopic (exact) mass is 200 g/mol. The summed E-state index contributed by atoms with van der Waals surface area (Å²) < 4.78 is 0. The molecule has 0 unspecified atom stereocenters. The van der Waals surface area contributed by atoms with Gasteiger partial charge in [0.25, 0.3) is 0 Å². The Kier molecular flexibility index (Phi) is 5.56. The average molecular weight is 200 g/mol. The summed E-state index contributed by atoms with van der Waals surface area (Å²) in [7, 11) is 0. The topological polar surface area (TPSA) is 61.4 Å². The minimum absolute atomic E-state index is 0.106. The lowest BCUT2D eigenvalue weighted by Gasteiger charge is -2.04. The maximum atomic E-state index is 11.2. The van der Waals surface area contributed by atoms with Crippen molar-refractivity contribution in [3.8, 4) is 0 Å². The van der Waals surface area contributed by atoms with Gasteiger partial charge in [0, 0.05) is 12.6 Å². The maximum Gasteiger partial charge on any atom is 0.234 e. The Morgan fingerprint density at radius 3 is 2.71 bits per heavy atom. The van der Waals surface area contributed by atoms with Gasteiger partial charge in [0.15, 0.2) is 0 Å². The van der Waals surface area contributed by atoms with E-state index in [2.05, 4.69) is 10.6 Å². The summed E-state index contributed by atoms with van der Waals surface area (Å²) in [5.74, 6) is 0.106. The summed E-state index contributed by atoms with van der Waals surface area (Å²) in [6, 6.07) is 0.457. The van der Waals surface area contributed by atoms with Crippen LogP contribution in [0.15, 0.2) is 0 Å². The number of rotatable bonds is 8. The minimum Gasteiger partial charge on any atom is -0.396 e. The fourth-order valence-electron chi connectivity index (χ4n) is 1.25. The molecule has 0 spiro atoms. The molecule has 0 aromatic carbocycles. The van der Waals surface area contributed by atoms with E-state index in [1.165, 1.54) is 0 Å². The number of nitrogens with one attached hydrogen (secondary N) is 2. The number of hydrogen-bond acceptors (Lipinski definition) is 3. The molecule has 0 saturated heterocycles. The van der Waals surface area contributed by atoms with E-state index in [1.807, 2.05) is 0 Å². The van der Waals surface area contributed by atoms with Gasteiger partial charge in [-0.2, -0.15) is 0 Å². The highest BCUT2D eigenvalue weighted by Gasteiger charge is 2.22. The molecule has 1 aliphatic rings. The van der Waals surface area contributed by atoms with E-state index in [0.29, 0.717) is 12.6 Å². The first-order valence-electron chi connectivity index (χ1n) is 5.44. The molecule has 4 heteroatoms. The summed E-state index contributed by atoms with van der Waals surface area (Å²) in [5, 5.41) is 14.5. The molecular formula is C10H20N2O2. The molecule has 1 rings (SSSR count). The molecule has 0 radical (unpaired) electrons. The van der Waals surface area contributed by atoms with E-state index in [1.54, 1.807) is 0 Å². The van der Waals surface area contributed by atoms with Gasteiger partial charge < -0.3 is 15.7 Å². The third-order valence-electron chi connectivity index (χ3n) is 2.24. The van der Waals surface area contributed by atoms with Gasteiger partial charge >= 0.3 is 0 Å². The number of carbonyl (C=O) groups excluding carboxylic acids is 1. The SMILES string of the molecule is O=C(CNCCCCCO)NC1CC1. The summed E-state index contributed by atoms with van der Waals surface area (Å²) >= 11 is 0. The zero-order valence-corrected chi connectivity index (χ0v) is 8.59.